The molecule has 8 heteroatoms. The number of amides is 1. The minimum Gasteiger partial charge on any atom is -0.356 e. The van der Waals surface area contributed by atoms with Gasteiger partial charge in [-0.3, -0.25) is 14.2 Å². The molecule has 6 nitrogen and oxygen atoms in total. The van der Waals surface area contributed by atoms with Crippen LogP contribution in [0.15, 0.2) is 53.7 Å². The SMILES string of the molecule is CC(=O)NCCc1nnc(SCC(=O)c2ccc(CC(C)C)cc2)n1-c1ccc(F)cc1. The van der Waals surface area contributed by atoms with Crippen molar-refractivity contribution in [1.82, 2.24) is 20.1 Å². The molecule has 0 unspecified atom stereocenters. The van der Waals surface area contributed by atoms with Gasteiger partial charge in [0, 0.05) is 31.1 Å². The fourth-order valence-corrected chi connectivity index (χ4v) is 4.13. The van der Waals surface area contributed by atoms with E-state index >= 15 is 0 Å². The van der Waals surface area contributed by atoms with Gasteiger partial charge in [-0.05, 0) is 42.2 Å². The van der Waals surface area contributed by atoms with Gasteiger partial charge in [-0.15, -0.1) is 10.2 Å². The number of benzene rings is 2. The molecule has 0 spiro atoms. The number of carbonyl (C=O) groups excluding carboxylic acids is 2. The lowest BCUT2D eigenvalue weighted by Crippen LogP contribution is -2.23. The van der Waals surface area contributed by atoms with Gasteiger partial charge < -0.3 is 5.32 Å². The third-order valence-electron chi connectivity index (χ3n) is 4.76. The van der Waals surface area contributed by atoms with Gasteiger partial charge in [0.05, 0.1) is 5.75 Å². The van der Waals surface area contributed by atoms with Crippen LogP contribution in [0.5, 0.6) is 0 Å². The minimum absolute atomic E-state index is 0.000417. The molecule has 32 heavy (non-hydrogen) atoms. The van der Waals surface area contributed by atoms with Crippen LogP contribution >= 0.6 is 11.8 Å². The summed E-state index contributed by atoms with van der Waals surface area (Å²) >= 11 is 1.28. The molecule has 0 bridgehead atoms. The molecule has 3 aromatic rings. The molecule has 2 aromatic carbocycles. The predicted octanol–water partition coefficient (Wildman–Crippen LogP) is 4.26. The van der Waals surface area contributed by atoms with Crippen LogP contribution in [-0.2, 0) is 17.6 Å². The number of Topliss-reactive ketones (excluding diaryl/α,β-unsaturated/α-hetero) is 1. The van der Waals surface area contributed by atoms with Crippen LogP contribution in [0.1, 0.15) is 42.5 Å². The molecule has 0 fully saturated rings. The van der Waals surface area contributed by atoms with Crippen molar-refractivity contribution in [3.63, 3.8) is 0 Å². The zero-order chi connectivity index (χ0) is 23.1. The Bertz CT molecular complexity index is 1060. The van der Waals surface area contributed by atoms with E-state index in [1.807, 2.05) is 24.3 Å². The van der Waals surface area contributed by atoms with Gasteiger partial charge in [-0.25, -0.2) is 4.39 Å². The second kappa shape index (κ2) is 11.0. The van der Waals surface area contributed by atoms with Crippen molar-refractivity contribution >= 4 is 23.5 Å². The number of aromatic nitrogens is 3. The first-order chi connectivity index (χ1) is 15.3. The molecule has 0 aliphatic rings. The molecule has 0 atom stereocenters. The van der Waals surface area contributed by atoms with E-state index in [4.69, 9.17) is 0 Å². The summed E-state index contributed by atoms with van der Waals surface area (Å²) in [6, 6.07) is 13.7. The normalized spacial score (nSPS) is 11.0. The van der Waals surface area contributed by atoms with Crippen LogP contribution in [0.2, 0.25) is 0 Å². The summed E-state index contributed by atoms with van der Waals surface area (Å²) in [6.45, 7) is 6.18. The third-order valence-corrected chi connectivity index (χ3v) is 5.69. The summed E-state index contributed by atoms with van der Waals surface area (Å²) in [5.74, 6) is 0.918. The number of nitrogens with zero attached hydrogens (tertiary/aromatic N) is 3. The highest BCUT2D eigenvalue weighted by atomic mass is 32.2. The monoisotopic (exact) mass is 454 g/mol. The molecular weight excluding hydrogens is 427 g/mol. The standard InChI is InChI=1S/C24H27FN4O2S/c1-16(2)14-18-4-6-19(7-5-18)22(31)15-32-24-28-27-23(12-13-26-17(3)30)29(24)21-10-8-20(25)9-11-21/h4-11,16H,12-15H2,1-3H3,(H,26,30). The molecule has 3 rings (SSSR count). The van der Waals surface area contributed by atoms with Crippen molar-refractivity contribution in [2.75, 3.05) is 12.3 Å². The second-order valence-corrected chi connectivity index (χ2v) is 8.89. The van der Waals surface area contributed by atoms with Crippen molar-refractivity contribution in [2.45, 2.75) is 38.8 Å². The van der Waals surface area contributed by atoms with Gasteiger partial charge in [0.1, 0.15) is 11.6 Å². The van der Waals surface area contributed by atoms with Gasteiger partial charge in [0.15, 0.2) is 10.9 Å². The van der Waals surface area contributed by atoms with Crippen LogP contribution in [0.4, 0.5) is 4.39 Å². The van der Waals surface area contributed by atoms with Crippen LogP contribution in [0, 0.1) is 11.7 Å². The number of nitrogens with one attached hydrogen (secondary N) is 1. The minimum atomic E-state index is -0.341. The number of carbonyl (C=O) groups is 2. The van der Waals surface area contributed by atoms with E-state index in [0.717, 1.165) is 6.42 Å². The highest BCUT2D eigenvalue weighted by Gasteiger charge is 2.17. The number of ketones is 1. The average molecular weight is 455 g/mol. The Morgan fingerprint density at radius 3 is 2.38 bits per heavy atom. The fraction of sp³-hybridized carbons (Fsp3) is 0.333. The van der Waals surface area contributed by atoms with Crippen molar-refractivity contribution in [2.24, 2.45) is 5.92 Å². The lowest BCUT2D eigenvalue weighted by Gasteiger charge is -2.10. The predicted molar refractivity (Wildman–Crippen MR) is 124 cm³/mol. The molecule has 0 radical (unpaired) electrons. The van der Waals surface area contributed by atoms with Crippen LogP contribution in [-0.4, -0.2) is 38.8 Å². The highest BCUT2D eigenvalue weighted by Crippen LogP contribution is 2.24. The maximum absolute atomic E-state index is 13.4. The van der Waals surface area contributed by atoms with E-state index in [1.165, 1.54) is 36.4 Å². The lowest BCUT2D eigenvalue weighted by atomic mass is 10.0. The topological polar surface area (TPSA) is 76.9 Å². The molecule has 0 aliphatic heterocycles. The first kappa shape index (κ1) is 23.7. The largest absolute Gasteiger partial charge is 0.356 e. The molecule has 1 N–H and O–H groups in total. The zero-order valence-corrected chi connectivity index (χ0v) is 19.3. The second-order valence-electron chi connectivity index (χ2n) is 7.95. The lowest BCUT2D eigenvalue weighted by molar-refractivity contribution is -0.118. The van der Waals surface area contributed by atoms with Gasteiger partial charge in [-0.1, -0.05) is 49.9 Å². The molecule has 1 heterocycles. The number of hydrogen-bond donors (Lipinski definition) is 1. The quantitative estimate of drug-likeness (QED) is 0.366. The molecule has 168 valence electrons. The summed E-state index contributed by atoms with van der Waals surface area (Å²) in [5.41, 5.74) is 2.56. The van der Waals surface area contributed by atoms with Crippen LogP contribution < -0.4 is 5.32 Å². The molecule has 0 saturated heterocycles. The Morgan fingerprint density at radius 2 is 1.75 bits per heavy atom. The van der Waals surface area contributed by atoms with Crippen molar-refractivity contribution < 1.29 is 14.0 Å². The first-order valence-corrected chi connectivity index (χ1v) is 11.5. The fourth-order valence-electron chi connectivity index (χ4n) is 3.27. The Balaban J connectivity index is 1.75. The van der Waals surface area contributed by atoms with Crippen molar-refractivity contribution in [1.29, 1.82) is 0 Å². The van der Waals surface area contributed by atoms with Crippen LogP contribution in [0.3, 0.4) is 0 Å². The maximum Gasteiger partial charge on any atom is 0.216 e. The summed E-state index contributed by atoms with van der Waals surface area (Å²) in [7, 11) is 0. The molecular formula is C24H27FN4O2S. The Hall–Kier alpha value is -3.00. The van der Waals surface area contributed by atoms with E-state index in [9.17, 15) is 14.0 Å². The summed E-state index contributed by atoms with van der Waals surface area (Å²) in [5, 5.41) is 11.8. The summed E-state index contributed by atoms with van der Waals surface area (Å²) in [6.07, 6.45) is 1.43. The van der Waals surface area contributed by atoms with Gasteiger partial charge in [-0.2, -0.15) is 0 Å². The molecule has 1 amide bonds. The average Bonchev–Trinajstić information content (AvgIpc) is 3.15. The van der Waals surface area contributed by atoms with Gasteiger partial charge >= 0.3 is 0 Å². The zero-order valence-electron chi connectivity index (χ0n) is 18.5. The summed E-state index contributed by atoms with van der Waals surface area (Å²) in [4.78, 5) is 23.9. The van der Waals surface area contributed by atoms with E-state index in [1.54, 1.807) is 16.7 Å². The molecule has 0 aliphatic carbocycles. The van der Waals surface area contributed by atoms with Gasteiger partial charge in [0.2, 0.25) is 5.91 Å². The Labute approximate surface area is 191 Å². The number of thioether (sulfide) groups is 1. The smallest absolute Gasteiger partial charge is 0.216 e. The number of rotatable bonds is 10. The number of hydrogen-bond acceptors (Lipinski definition) is 5. The number of halogens is 1. The van der Waals surface area contributed by atoms with E-state index < -0.39 is 0 Å². The van der Waals surface area contributed by atoms with Gasteiger partial charge in [0.25, 0.3) is 0 Å². The Kier molecular flexibility index (Phi) is 8.16. The molecule has 0 saturated carbocycles. The third kappa shape index (κ3) is 6.50. The first-order valence-electron chi connectivity index (χ1n) is 10.5. The van der Waals surface area contributed by atoms with E-state index in [0.29, 0.717) is 41.1 Å². The molecule has 1 aromatic heterocycles. The van der Waals surface area contributed by atoms with Crippen LogP contribution in [0.25, 0.3) is 5.69 Å². The summed E-state index contributed by atoms with van der Waals surface area (Å²) < 4.78 is 15.2. The Morgan fingerprint density at radius 1 is 1.06 bits per heavy atom. The highest BCUT2D eigenvalue weighted by molar-refractivity contribution is 7.99. The maximum atomic E-state index is 13.4. The van der Waals surface area contributed by atoms with Crippen molar-refractivity contribution in [3.8, 4) is 5.69 Å². The van der Waals surface area contributed by atoms with Crippen molar-refractivity contribution in [3.05, 3.63) is 71.3 Å². The van der Waals surface area contributed by atoms with E-state index in [2.05, 4.69) is 29.4 Å². The van der Waals surface area contributed by atoms with E-state index in [-0.39, 0.29) is 23.3 Å².